The summed E-state index contributed by atoms with van der Waals surface area (Å²) < 4.78 is 45.6. The molecular formula is C24H31F3N4O2. The second-order valence-electron chi connectivity index (χ2n) is 9.39. The monoisotopic (exact) mass is 464 g/mol. The maximum Gasteiger partial charge on any atom is 0.408 e. The molecule has 2 N–H and O–H groups in total. The van der Waals surface area contributed by atoms with Crippen LogP contribution in [0, 0.1) is 11.8 Å². The number of nitrogens with one attached hydrogen (secondary N) is 2. The van der Waals surface area contributed by atoms with Gasteiger partial charge in [0.15, 0.2) is 0 Å². The standard InChI is InChI=1S/C24H31F3N4O2/c1-23(2,3)33-22(32)28-10-5-6-17-14-20(29-18-7-11-30(4)12-8-18)19-9-13-31(21(19)15-17)16-24(25,26)27/h9,13-15,18,29H,7-8,10-12,16H2,1-4H3,(H,28,32). The highest BCUT2D eigenvalue weighted by Gasteiger charge is 2.28. The van der Waals surface area contributed by atoms with Crippen molar-refractivity contribution in [3.8, 4) is 11.8 Å². The molecule has 1 fully saturated rings. The summed E-state index contributed by atoms with van der Waals surface area (Å²) in [6.45, 7) is 6.22. The molecule has 3 rings (SSSR count). The molecule has 180 valence electrons. The van der Waals surface area contributed by atoms with E-state index in [0.717, 1.165) is 37.0 Å². The quantitative estimate of drug-likeness (QED) is 0.650. The lowest BCUT2D eigenvalue weighted by Crippen LogP contribution is -2.36. The zero-order valence-electron chi connectivity index (χ0n) is 19.5. The number of piperidine rings is 1. The fourth-order valence-electron chi connectivity index (χ4n) is 3.77. The largest absolute Gasteiger partial charge is 0.444 e. The first kappa shape index (κ1) is 24.8. The van der Waals surface area contributed by atoms with Gasteiger partial charge in [0.2, 0.25) is 0 Å². The van der Waals surface area contributed by atoms with Gasteiger partial charge >= 0.3 is 12.3 Å². The third-order valence-electron chi connectivity index (χ3n) is 5.27. The number of hydrogen-bond donors (Lipinski definition) is 2. The van der Waals surface area contributed by atoms with E-state index in [4.69, 9.17) is 4.74 Å². The number of ether oxygens (including phenoxy) is 1. The van der Waals surface area contributed by atoms with E-state index < -0.39 is 24.4 Å². The molecule has 0 radical (unpaired) electrons. The summed E-state index contributed by atoms with van der Waals surface area (Å²) in [5, 5.41) is 6.81. The number of benzene rings is 1. The minimum Gasteiger partial charge on any atom is -0.444 e. The molecule has 0 atom stereocenters. The third-order valence-corrected chi connectivity index (χ3v) is 5.27. The molecule has 1 amide bonds. The molecule has 1 aromatic heterocycles. The average molecular weight is 465 g/mol. The smallest absolute Gasteiger partial charge is 0.408 e. The van der Waals surface area contributed by atoms with Crippen LogP contribution in [0.1, 0.15) is 39.2 Å². The normalized spacial score (nSPS) is 15.7. The van der Waals surface area contributed by atoms with Crippen molar-refractivity contribution in [2.24, 2.45) is 0 Å². The molecule has 0 saturated carbocycles. The van der Waals surface area contributed by atoms with E-state index in [2.05, 4.69) is 34.4 Å². The summed E-state index contributed by atoms with van der Waals surface area (Å²) in [5.41, 5.74) is 1.20. The maximum atomic E-state index is 13.1. The van der Waals surface area contributed by atoms with Crippen LogP contribution in [0.5, 0.6) is 0 Å². The van der Waals surface area contributed by atoms with Gasteiger partial charge < -0.3 is 24.8 Å². The van der Waals surface area contributed by atoms with Crippen molar-refractivity contribution in [2.45, 2.75) is 58.0 Å². The molecule has 1 aromatic carbocycles. The minimum absolute atomic E-state index is 0.0637. The Kier molecular flexibility index (Phi) is 7.48. The number of carbonyl (C=O) groups is 1. The first-order valence-electron chi connectivity index (χ1n) is 11.0. The molecule has 9 heteroatoms. The van der Waals surface area contributed by atoms with Crippen LogP contribution in [-0.4, -0.2) is 60.1 Å². The van der Waals surface area contributed by atoms with Gasteiger partial charge in [0, 0.05) is 28.9 Å². The van der Waals surface area contributed by atoms with E-state index in [-0.39, 0.29) is 12.6 Å². The zero-order chi connectivity index (χ0) is 24.2. The van der Waals surface area contributed by atoms with Crippen LogP contribution in [0.3, 0.4) is 0 Å². The van der Waals surface area contributed by atoms with Crippen molar-refractivity contribution >= 4 is 22.7 Å². The number of aromatic nitrogens is 1. The number of nitrogens with zero attached hydrogens (tertiary/aromatic N) is 2. The molecule has 33 heavy (non-hydrogen) atoms. The van der Waals surface area contributed by atoms with E-state index in [1.807, 2.05) is 6.07 Å². The molecular weight excluding hydrogens is 433 g/mol. The maximum absolute atomic E-state index is 13.1. The number of halogens is 3. The SMILES string of the molecule is CN1CCC(Nc2cc(C#CCNC(=O)OC(C)(C)C)cc3c2ccn3CC(F)(F)F)CC1. The van der Waals surface area contributed by atoms with Crippen molar-refractivity contribution in [2.75, 3.05) is 32.0 Å². The molecule has 2 aromatic rings. The summed E-state index contributed by atoms with van der Waals surface area (Å²) in [4.78, 5) is 14.0. The van der Waals surface area contributed by atoms with Crippen LogP contribution in [0.4, 0.5) is 23.7 Å². The first-order valence-corrected chi connectivity index (χ1v) is 11.0. The first-order chi connectivity index (χ1) is 15.4. The van der Waals surface area contributed by atoms with Crippen LogP contribution in [0.15, 0.2) is 24.4 Å². The van der Waals surface area contributed by atoms with Crippen molar-refractivity contribution in [3.63, 3.8) is 0 Å². The average Bonchev–Trinajstić information content (AvgIpc) is 3.07. The summed E-state index contributed by atoms with van der Waals surface area (Å²) in [6.07, 6.45) is -1.53. The number of fused-ring (bicyclic) bond motifs is 1. The van der Waals surface area contributed by atoms with Gasteiger partial charge in [0.25, 0.3) is 0 Å². The Labute approximate surface area is 192 Å². The molecule has 0 unspecified atom stereocenters. The second-order valence-corrected chi connectivity index (χ2v) is 9.39. The molecule has 2 heterocycles. The van der Waals surface area contributed by atoms with Gasteiger partial charge in [-0.05, 0) is 71.9 Å². The van der Waals surface area contributed by atoms with E-state index >= 15 is 0 Å². The van der Waals surface area contributed by atoms with Gasteiger partial charge in [0.05, 0.1) is 12.1 Å². The molecule has 0 spiro atoms. The second kappa shape index (κ2) is 9.96. The van der Waals surface area contributed by atoms with Gasteiger partial charge in [0.1, 0.15) is 12.1 Å². The molecule has 6 nitrogen and oxygen atoms in total. The number of alkyl halides is 3. The molecule has 0 bridgehead atoms. The highest BCUT2D eigenvalue weighted by atomic mass is 19.4. The summed E-state index contributed by atoms with van der Waals surface area (Å²) >= 11 is 0. The fourth-order valence-corrected chi connectivity index (χ4v) is 3.77. The lowest BCUT2D eigenvalue weighted by Gasteiger charge is -2.30. The predicted molar refractivity (Wildman–Crippen MR) is 123 cm³/mol. The summed E-state index contributed by atoms with van der Waals surface area (Å²) in [5.74, 6) is 5.81. The zero-order valence-corrected chi connectivity index (χ0v) is 19.5. The van der Waals surface area contributed by atoms with Gasteiger partial charge in [-0.1, -0.05) is 11.8 Å². The molecule has 1 aliphatic rings. The van der Waals surface area contributed by atoms with Crippen LogP contribution < -0.4 is 10.6 Å². The third kappa shape index (κ3) is 7.60. The number of hydrogen-bond acceptors (Lipinski definition) is 4. The van der Waals surface area contributed by atoms with Crippen molar-refractivity contribution < 1.29 is 22.7 Å². The number of alkyl carbamates (subject to hydrolysis) is 1. The van der Waals surface area contributed by atoms with Gasteiger partial charge in [-0.25, -0.2) is 4.79 Å². The molecule has 1 saturated heterocycles. The Morgan fingerprint density at radius 3 is 2.55 bits per heavy atom. The van der Waals surface area contributed by atoms with Crippen molar-refractivity contribution in [1.29, 1.82) is 0 Å². The number of rotatable bonds is 4. The Balaban J connectivity index is 1.83. The number of amides is 1. The van der Waals surface area contributed by atoms with Crippen LogP contribution in [0.25, 0.3) is 10.9 Å². The number of carbonyl (C=O) groups excluding carboxylic acids is 1. The Bertz CT molecular complexity index is 1040. The molecule has 1 aliphatic heterocycles. The van der Waals surface area contributed by atoms with E-state index in [9.17, 15) is 18.0 Å². The lowest BCUT2D eigenvalue weighted by molar-refractivity contribution is -0.139. The lowest BCUT2D eigenvalue weighted by atomic mass is 10.0. The highest BCUT2D eigenvalue weighted by Crippen LogP contribution is 2.30. The molecule has 0 aliphatic carbocycles. The Morgan fingerprint density at radius 1 is 1.21 bits per heavy atom. The topological polar surface area (TPSA) is 58.5 Å². The highest BCUT2D eigenvalue weighted by molar-refractivity contribution is 5.94. The van der Waals surface area contributed by atoms with Crippen LogP contribution >= 0.6 is 0 Å². The van der Waals surface area contributed by atoms with Crippen LogP contribution in [-0.2, 0) is 11.3 Å². The Hall–Kier alpha value is -2.86. The van der Waals surface area contributed by atoms with E-state index in [1.54, 1.807) is 32.9 Å². The van der Waals surface area contributed by atoms with Crippen molar-refractivity contribution in [3.05, 3.63) is 30.0 Å². The summed E-state index contributed by atoms with van der Waals surface area (Å²) in [7, 11) is 2.08. The minimum atomic E-state index is -4.33. The fraction of sp³-hybridized carbons (Fsp3) is 0.542. The van der Waals surface area contributed by atoms with E-state index in [1.165, 1.54) is 10.8 Å². The van der Waals surface area contributed by atoms with Gasteiger partial charge in [-0.2, -0.15) is 13.2 Å². The number of likely N-dealkylation sites (tertiary alicyclic amines) is 1. The van der Waals surface area contributed by atoms with Crippen molar-refractivity contribution in [1.82, 2.24) is 14.8 Å². The van der Waals surface area contributed by atoms with Gasteiger partial charge in [-0.3, -0.25) is 0 Å². The summed E-state index contributed by atoms with van der Waals surface area (Å²) in [6, 6.07) is 5.47. The van der Waals surface area contributed by atoms with Gasteiger partial charge in [-0.15, -0.1) is 0 Å². The van der Waals surface area contributed by atoms with Crippen LogP contribution in [0.2, 0.25) is 0 Å². The van der Waals surface area contributed by atoms with E-state index in [0.29, 0.717) is 11.1 Å². The predicted octanol–water partition coefficient (Wildman–Crippen LogP) is 4.59. The Morgan fingerprint density at radius 2 is 1.91 bits per heavy atom. The number of anilines is 1.